The Hall–Kier alpha value is -2.77. The number of benzene rings is 1. The molecule has 4 atom stereocenters. The van der Waals surface area contributed by atoms with Gasteiger partial charge in [-0.05, 0) is 72.8 Å². The summed E-state index contributed by atoms with van der Waals surface area (Å²) in [5.74, 6) is -0.457. The number of alkyl carbamates (subject to hydrolysis) is 1. The molecule has 0 spiro atoms. The van der Waals surface area contributed by atoms with E-state index in [1.165, 1.54) is 11.0 Å². The Kier molecular flexibility index (Phi) is 12.2. The van der Waals surface area contributed by atoms with Gasteiger partial charge in [0.2, 0.25) is 11.8 Å². The molecule has 0 fully saturated rings. The first-order chi connectivity index (χ1) is 16.7. The van der Waals surface area contributed by atoms with Crippen LogP contribution in [0.15, 0.2) is 24.3 Å². The predicted molar refractivity (Wildman–Crippen MR) is 143 cm³/mol. The zero-order chi connectivity index (χ0) is 27.6. The van der Waals surface area contributed by atoms with Crippen molar-refractivity contribution in [1.82, 2.24) is 15.5 Å². The summed E-state index contributed by atoms with van der Waals surface area (Å²) >= 11 is 0. The molecule has 1 aromatic rings. The van der Waals surface area contributed by atoms with Gasteiger partial charge in [-0.1, -0.05) is 45.4 Å². The monoisotopic (exact) mass is 505 g/mol. The number of phenolic OH excluding ortho intramolecular Hbond substituents is 1. The summed E-state index contributed by atoms with van der Waals surface area (Å²) in [6.45, 7) is 16.9. The molecule has 0 bridgehead atoms. The van der Waals surface area contributed by atoms with Crippen molar-refractivity contribution < 1.29 is 24.2 Å². The number of carbonyl (C=O) groups is 3. The van der Waals surface area contributed by atoms with Gasteiger partial charge in [-0.25, -0.2) is 4.79 Å². The average Bonchev–Trinajstić information content (AvgIpc) is 2.74. The number of carbonyl (C=O) groups excluding carboxylic acids is 3. The topological polar surface area (TPSA) is 108 Å². The Morgan fingerprint density at radius 2 is 1.58 bits per heavy atom. The number of hydrogen-bond acceptors (Lipinski definition) is 5. The molecule has 0 saturated heterocycles. The summed E-state index contributed by atoms with van der Waals surface area (Å²) in [7, 11) is 0. The maximum absolute atomic E-state index is 13.9. The fourth-order valence-electron chi connectivity index (χ4n) is 4.05. The van der Waals surface area contributed by atoms with Crippen LogP contribution in [-0.4, -0.2) is 51.6 Å². The molecule has 36 heavy (non-hydrogen) atoms. The van der Waals surface area contributed by atoms with Crippen LogP contribution in [0.25, 0.3) is 0 Å². The first kappa shape index (κ1) is 31.3. The summed E-state index contributed by atoms with van der Waals surface area (Å²) in [5.41, 5.74) is -0.377. The van der Waals surface area contributed by atoms with Crippen molar-refractivity contribution in [3.8, 4) is 5.75 Å². The maximum Gasteiger partial charge on any atom is 0.408 e. The van der Waals surface area contributed by atoms with Crippen LogP contribution in [-0.2, 0) is 14.3 Å². The average molecular weight is 506 g/mol. The highest BCUT2D eigenvalue weighted by Crippen LogP contribution is 2.32. The van der Waals surface area contributed by atoms with Gasteiger partial charge in [0, 0.05) is 17.6 Å². The standard InChI is InChI=1S/C28H47N3O5/c1-10-13-19(4)29-25(33)24(22-14-11-12-15-23(22)32)31(20(5)17-16-18(2)3)26(34)21(6)30-27(35)36-28(7,8)9/h11-12,14-15,18-21,24,32H,10,13,16-17H2,1-9H3,(H,29,33)(H,30,35). The van der Waals surface area contributed by atoms with Crippen LogP contribution in [0.5, 0.6) is 5.75 Å². The number of rotatable bonds is 12. The van der Waals surface area contributed by atoms with Gasteiger partial charge in [-0.2, -0.15) is 0 Å². The summed E-state index contributed by atoms with van der Waals surface area (Å²) in [5, 5.41) is 16.3. The minimum atomic E-state index is -1.07. The van der Waals surface area contributed by atoms with Gasteiger partial charge in [-0.15, -0.1) is 0 Å². The van der Waals surface area contributed by atoms with Gasteiger partial charge in [0.1, 0.15) is 23.4 Å². The predicted octanol–water partition coefficient (Wildman–Crippen LogP) is 5.30. The Morgan fingerprint density at radius 1 is 0.972 bits per heavy atom. The van der Waals surface area contributed by atoms with Gasteiger partial charge in [0.25, 0.3) is 0 Å². The van der Waals surface area contributed by atoms with Crippen molar-refractivity contribution in [2.45, 2.75) is 118 Å². The fraction of sp³-hybridized carbons (Fsp3) is 0.679. The minimum Gasteiger partial charge on any atom is -0.508 e. The second kappa shape index (κ2) is 14.1. The number of ether oxygens (including phenoxy) is 1. The number of amides is 3. The van der Waals surface area contributed by atoms with E-state index in [2.05, 4.69) is 24.5 Å². The van der Waals surface area contributed by atoms with Crippen molar-refractivity contribution in [1.29, 1.82) is 0 Å². The number of nitrogens with one attached hydrogen (secondary N) is 2. The third-order valence-electron chi connectivity index (χ3n) is 5.86. The Morgan fingerprint density at radius 3 is 2.11 bits per heavy atom. The van der Waals surface area contributed by atoms with Crippen molar-refractivity contribution in [2.75, 3.05) is 0 Å². The Balaban J connectivity index is 3.47. The molecule has 0 saturated carbocycles. The van der Waals surface area contributed by atoms with Gasteiger partial charge >= 0.3 is 6.09 Å². The maximum atomic E-state index is 13.9. The van der Waals surface area contributed by atoms with Gasteiger partial charge in [0.15, 0.2) is 0 Å². The van der Waals surface area contributed by atoms with Crippen LogP contribution in [0, 0.1) is 5.92 Å². The van der Waals surface area contributed by atoms with E-state index >= 15 is 0 Å². The molecule has 8 heteroatoms. The van der Waals surface area contributed by atoms with Crippen LogP contribution < -0.4 is 10.6 Å². The van der Waals surface area contributed by atoms with Crippen molar-refractivity contribution >= 4 is 17.9 Å². The number of para-hydroxylation sites is 1. The molecule has 3 N–H and O–H groups in total. The third-order valence-corrected chi connectivity index (χ3v) is 5.86. The number of aromatic hydroxyl groups is 1. The normalized spacial score (nSPS) is 14.9. The SMILES string of the molecule is CCCC(C)NC(=O)C(c1ccccc1O)N(C(=O)C(C)NC(=O)OC(C)(C)C)C(C)CCC(C)C. The fourth-order valence-corrected chi connectivity index (χ4v) is 4.05. The summed E-state index contributed by atoms with van der Waals surface area (Å²) < 4.78 is 5.33. The van der Waals surface area contributed by atoms with Crippen LogP contribution in [0.3, 0.4) is 0 Å². The molecule has 3 amide bonds. The number of phenols is 1. The van der Waals surface area contributed by atoms with E-state index < -0.39 is 29.7 Å². The molecule has 1 rings (SSSR count). The summed E-state index contributed by atoms with van der Waals surface area (Å²) in [6.07, 6.45) is 2.47. The van der Waals surface area contributed by atoms with Crippen LogP contribution in [0.1, 0.15) is 99.6 Å². The Labute approximate surface area is 217 Å². The van der Waals surface area contributed by atoms with Crippen molar-refractivity contribution in [2.24, 2.45) is 5.92 Å². The molecule has 0 aliphatic heterocycles. The smallest absolute Gasteiger partial charge is 0.408 e. The van der Waals surface area contributed by atoms with Crippen LogP contribution >= 0.6 is 0 Å². The van der Waals surface area contributed by atoms with Gasteiger partial charge in [0.05, 0.1) is 0 Å². The summed E-state index contributed by atoms with van der Waals surface area (Å²) in [4.78, 5) is 41.5. The molecule has 0 aliphatic carbocycles. The van der Waals surface area contributed by atoms with E-state index in [1.54, 1.807) is 45.9 Å². The molecule has 0 heterocycles. The highest BCUT2D eigenvalue weighted by Gasteiger charge is 2.39. The zero-order valence-corrected chi connectivity index (χ0v) is 23.6. The Bertz CT molecular complexity index is 865. The second-order valence-corrected chi connectivity index (χ2v) is 11.1. The highest BCUT2D eigenvalue weighted by atomic mass is 16.6. The lowest BCUT2D eigenvalue weighted by atomic mass is 9.96. The van der Waals surface area contributed by atoms with Gasteiger partial charge in [-0.3, -0.25) is 9.59 Å². The van der Waals surface area contributed by atoms with E-state index in [-0.39, 0.29) is 23.7 Å². The van der Waals surface area contributed by atoms with Gasteiger partial charge < -0.3 is 25.4 Å². The van der Waals surface area contributed by atoms with E-state index in [4.69, 9.17) is 4.74 Å². The number of hydrogen-bond donors (Lipinski definition) is 3. The molecule has 0 aromatic heterocycles. The van der Waals surface area contributed by atoms with Crippen LogP contribution in [0.2, 0.25) is 0 Å². The molecule has 204 valence electrons. The third kappa shape index (κ3) is 10.1. The first-order valence-corrected chi connectivity index (χ1v) is 13.1. The second-order valence-electron chi connectivity index (χ2n) is 11.1. The molecular weight excluding hydrogens is 458 g/mol. The molecule has 1 aromatic carbocycles. The highest BCUT2D eigenvalue weighted by molar-refractivity contribution is 5.92. The first-order valence-electron chi connectivity index (χ1n) is 13.1. The largest absolute Gasteiger partial charge is 0.508 e. The molecule has 0 radical (unpaired) electrons. The van der Waals surface area contributed by atoms with Crippen LogP contribution in [0.4, 0.5) is 4.79 Å². The molecule has 4 unspecified atom stereocenters. The summed E-state index contributed by atoms with van der Waals surface area (Å²) in [6, 6.07) is 4.12. The van der Waals surface area contributed by atoms with E-state index in [0.29, 0.717) is 17.9 Å². The molecule has 0 aliphatic rings. The zero-order valence-electron chi connectivity index (χ0n) is 23.6. The van der Waals surface area contributed by atoms with E-state index in [0.717, 1.165) is 19.3 Å². The minimum absolute atomic E-state index is 0.0672. The number of nitrogens with zero attached hydrogens (tertiary/aromatic N) is 1. The lowest BCUT2D eigenvalue weighted by molar-refractivity contribution is -0.145. The lowest BCUT2D eigenvalue weighted by Crippen LogP contribution is -2.55. The lowest BCUT2D eigenvalue weighted by Gasteiger charge is -2.38. The van der Waals surface area contributed by atoms with Crippen molar-refractivity contribution in [3.63, 3.8) is 0 Å². The molecule has 8 nitrogen and oxygen atoms in total. The quantitative estimate of drug-likeness (QED) is 0.357. The van der Waals surface area contributed by atoms with Crippen molar-refractivity contribution in [3.05, 3.63) is 29.8 Å². The van der Waals surface area contributed by atoms with E-state index in [1.807, 2.05) is 20.8 Å². The molecular formula is C28H47N3O5. The van der Waals surface area contributed by atoms with E-state index in [9.17, 15) is 19.5 Å².